The van der Waals surface area contributed by atoms with Gasteiger partial charge in [-0.25, -0.2) is 4.68 Å². The minimum Gasteiger partial charge on any atom is -0.457 e. The van der Waals surface area contributed by atoms with Crippen molar-refractivity contribution in [2.24, 2.45) is 11.7 Å². The second-order valence-corrected chi connectivity index (χ2v) is 9.13. The van der Waals surface area contributed by atoms with E-state index in [0.29, 0.717) is 28.7 Å². The minimum absolute atomic E-state index is 0.168. The van der Waals surface area contributed by atoms with Crippen molar-refractivity contribution < 1.29 is 14.6 Å². The molecule has 182 valence electrons. The number of hydrogen-bond acceptors (Lipinski definition) is 6. The van der Waals surface area contributed by atoms with Gasteiger partial charge in [0.2, 0.25) is 0 Å². The molecule has 1 amide bonds. The Labute approximate surface area is 205 Å². The average molecular weight is 474 g/mol. The van der Waals surface area contributed by atoms with Gasteiger partial charge < -0.3 is 20.9 Å². The van der Waals surface area contributed by atoms with Crippen LogP contribution in [0.2, 0.25) is 0 Å². The van der Waals surface area contributed by atoms with E-state index in [0.717, 1.165) is 50.2 Å². The lowest BCUT2D eigenvalue weighted by molar-refractivity contribution is 0.00909. The number of hydrogen-bond donors (Lipinski definition) is 3. The number of aliphatic hydroxyl groups is 1. The Hall–Kier alpha value is -3.62. The number of aliphatic hydroxyl groups excluding tert-OH is 1. The summed E-state index contributed by atoms with van der Waals surface area (Å²) in [5, 5.41) is 18.4. The Balaban J connectivity index is 1.41. The molecule has 0 aliphatic carbocycles. The fourth-order valence-electron chi connectivity index (χ4n) is 5.20. The van der Waals surface area contributed by atoms with E-state index in [2.05, 4.69) is 11.9 Å². The molecule has 2 atom stereocenters. The fourth-order valence-corrected chi connectivity index (χ4v) is 5.20. The van der Waals surface area contributed by atoms with Gasteiger partial charge in [0.05, 0.1) is 6.04 Å². The monoisotopic (exact) mass is 473 g/mol. The number of anilines is 1. The molecule has 5 rings (SSSR count). The Morgan fingerprint density at radius 3 is 2.46 bits per heavy atom. The molecule has 1 aromatic heterocycles. The number of aromatic nitrogens is 2. The van der Waals surface area contributed by atoms with Crippen LogP contribution in [0.5, 0.6) is 11.5 Å². The molecule has 2 unspecified atom stereocenters. The number of para-hydroxylation sites is 1. The van der Waals surface area contributed by atoms with E-state index in [4.69, 9.17) is 15.6 Å². The predicted octanol–water partition coefficient (Wildman–Crippen LogP) is 4.01. The van der Waals surface area contributed by atoms with E-state index in [1.165, 1.54) is 0 Å². The molecule has 8 nitrogen and oxygen atoms in total. The molecule has 8 heteroatoms. The van der Waals surface area contributed by atoms with E-state index in [9.17, 15) is 9.90 Å². The molecule has 0 spiro atoms. The summed E-state index contributed by atoms with van der Waals surface area (Å²) in [6.07, 6.45) is 3.78. The Kier molecular flexibility index (Phi) is 6.57. The second-order valence-electron chi connectivity index (χ2n) is 9.13. The normalized spacial score (nSPS) is 19.4. The van der Waals surface area contributed by atoms with E-state index >= 15 is 0 Å². The van der Waals surface area contributed by atoms with Crippen molar-refractivity contribution in [2.45, 2.75) is 31.5 Å². The highest BCUT2D eigenvalue weighted by atomic mass is 16.5. The molecule has 1 saturated heterocycles. The molecular weight excluding hydrogens is 442 g/mol. The van der Waals surface area contributed by atoms with Crippen LogP contribution in [-0.2, 0) is 0 Å². The van der Waals surface area contributed by atoms with Crippen molar-refractivity contribution in [1.29, 1.82) is 0 Å². The lowest BCUT2D eigenvalue weighted by Gasteiger charge is -2.39. The number of amides is 1. The van der Waals surface area contributed by atoms with Gasteiger partial charge in [0.25, 0.3) is 5.91 Å². The van der Waals surface area contributed by atoms with Gasteiger partial charge in [0.15, 0.2) is 0 Å². The van der Waals surface area contributed by atoms with E-state index in [1.807, 2.05) is 64.2 Å². The van der Waals surface area contributed by atoms with Crippen molar-refractivity contribution in [3.8, 4) is 22.8 Å². The first-order valence-corrected chi connectivity index (χ1v) is 12.1. The van der Waals surface area contributed by atoms with Crippen LogP contribution < -0.4 is 15.8 Å². The lowest BCUT2D eigenvalue weighted by atomic mass is 9.86. The number of nitrogens with one attached hydrogen (secondary N) is 1. The first kappa shape index (κ1) is 23.1. The molecule has 2 aromatic carbocycles. The summed E-state index contributed by atoms with van der Waals surface area (Å²) in [5.74, 6) is 2.06. The first-order valence-electron chi connectivity index (χ1n) is 12.1. The second kappa shape index (κ2) is 9.93. The smallest absolute Gasteiger partial charge is 0.254 e. The quantitative estimate of drug-likeness (QED) is 0.448. The van der Waals surface area contributed by atoms with Crippen LogP contribution in [0.25, 0.3) is 11.3 Å². The molecule has 1 fully saturated rings. The maximum absolute atomic E-state index is 12.5. The van der Waals surface area contributed by atoms with Crippen LogP contribution in [0.15, 0.2) is 67.3 Å². The standard InChI is InChI=1S/C27H31N5O3/c1-2-23(33)31-16-13-18(14-17-31)22-12-15-29-27-24(26(28)34)25(30-32(22)27)19-8-10-21(11-9-19)35-20-6-4-3-5-7-20/h2-11,18,22-23,29,33H,1,12-17H2,(H2,28,34). The van der Waals surface area contributed by atoms with Crippen LogP contribution in [0, 0.1) is 5.92 Å². The van der Waals surface area contributed by atoms with E-state index < -0.39 is 12.1 Å². The third-order valence-corrected chi connectivity index (χ3v) is 7.01. The summed E-state index contributed by atoms with van der Waals surface area (Å²) in [6, 6.07) is 17.3. The van der Waals surface area contributed by atoms with Crippen LogP contribution in [0.4, 0.5) is 5.82 Å². The van der Waals surface area contributed by atoms with E-state index in [-0.39, 0.29) is 6.04 Å². The largest absolute Gasteiger partial charge is 0.457 e. The number of nitrogens with zero attached hydrogens (tertiary/aromatic N) is 3. The summed E-state index contributed by atoms with van der Waals surface area (Å²) in [5.41, 5.74) is 7.66. The Morgan fingerprint density at radius 1 is 1.11 bits per heavy atom. The van der Waals surface area contributed by atoms with Crippen molar-refractivity contribution in [3.05, 3.63) is 72.8 Å². The van der Waals surface area contributed by atoms with Crippen LogP contribution in [0.1, 0.15) is 35.7 Å². The number of carbonyl (C=O) groups is 1. The van der Waals surface area contributed by atoms with Gasteiger partial charge in [0, 0.05) is 25.2 Å². The highest BCUT2D eigenvalue weighted by Crippen LogP contribution is 2.40. The highest BCUT2D eigenvalue weighted by molar-refractivity contribution is 6.03. The van der Waals surface area contributed by atoms with Crippen LogP contribution in [-0.4, -0.2) is 51.6 Å². The third-order valence-electron chi connectivity index (χ3n) is 7.01. The summed E-state index contributed by atoms with van der Waals surface area (Å²) in [7, 11) is 0. The fraction of sp³-hybridized carbons (Fsp3) is 0.333. The number of fused-ring (bicyclic) bond motifs is 1. The minimum atomic E-state index is -0.605. The zero-order valence-electron chi connectivity index (χ0n) is 19.6. The molecule has 0 saturated carbocycles. The third kappa shape index (κ3) is 4.67. The number of likely N-dealkylation sites (tertiary alicyclic amines) is 1. The first-order chi connectivity index (χ1) is 17.0. The summed E-state index contributed by atoms with van der Waals surface area (Å²) in [6.45, 7) is 6.06. The van der Waals surface area contributed by atoms with Gasteiger partial charge in [-0.1, -0.05) is 24.8 Å². The number of carbonyl (C=O) groups excluding carboxylic acids is 1. The zero-order valence-corrected chi connectivity index (χ0v) is 19.6. The SMILES string of the molecule is C=CC(O)N1CCC(C2CCNc3c(C(N)=O)c(-c4ccc(Oc5ccccc5)cc4)nn32)CC1. The molecule has 35 heavy (non-hydrogen) atoms. The number of nitrogens with two attached hydrogens (primary N) is 1. The van der Waals surface area contributed by atoms with Crippen molar-refractivity contribution in [1.82, 2.24) is 14.7 Å². The molecule has 3 heterocycles. The lowest BCUT2D eigenvalue weighted by Crippen LogP contribution is -2.43. The maximum atomic E-state index is 12.5. The van der Waals surface area contributed by atoms with Crippen LogP contribution >= 0.6 is 0 Å². The summed E-state index contributed by atoms with van der Waals surface area (Å²) < 4.78 is 7.87. The van der Waals surface area contributed by atoms with Gasteiger partial charge in [-0.2, -0.15) is 5.10 Å². The molecule has 2 aliphatic heterocycles. The Bertz CT molecular complexity index is 1180. The molecule has 0 bridgehead atoms. The van der Waals surface area contributed by atoms with Gasteiger partial charge in [0.1, 0.15) is 34.8 Å². The van der Waals surface area contributed by atoms with Gasteiger partial charge in [-0.05, 0) is 67.7 Å². The highest BCUT2D eigenvalue weighted by Gasteiger charge is 2.35. The molecular formula is C27H31N5O3. The maximum Gasteiger partial charge on any atom is 0.254 e. The zero-order chi connectivity index (χ0) is 24.4. The van der Waals surface area contributed by atoms with Crippen molar-refractivity contribution >= 4 is 11.7 Å². The Morgan fingerprint density at radius 2 is 1.80 bits per heavy atom. The predicted molar refractivity (Wildman–Crippen MR) is 135 cm³/mol. The molecule has 4 N–H and O–H groups in total. The van der Waals surface area contributed by atoms with Gasteiger partial charge >= 0.3 is 0 Å². The topological polar surface area (TPSA) is 106 Å². The summed E-state index contributed by atoms with van der Waals surface area (Å²) in [4.78, 5) is 14.6. The molecule has 0 radical (unpaired) electrons. The number of piperidine rings is 1. The van der Waals surface area contributed by atoms with Gasteiger partial charge in [-0.3, -0.25) is 9.69 Å². The number of benzene rings is 2. The van der Waals surface area contributed by atoms with Crippen molar-refractivity contribution in [3.63, 3.8) is 0 Å². The van der Waals surface area contributed by atoms with E-state index in [1.54, 1.807) is 6.08 Å². The summed E-state index contributed by atoms with van der Waals surface area (Å²) >= 11 is 0. The number of ether oxygens (including phenoxy) is 1. The van der Waals surface area contributed by atoms with Gasteiger partial charge in [-0.15, -0.1) is 0 Å². The van der Waals surface area contributed by atoms with Crippen LogP contribution in [0.3, 0.4) is 0 Å². The number of rotatable bonds is 7. The molecule has 2 aliphatic rings. The van der Waals surface area contributed by atoms with Crippen molar-refractivity contribution in [2.75, 3.05) is 25.0 Å². The number of primary amides is 1. The molecule has 3 aromatic rings. The average Bonchev–Trinajstić information content (AvgIpc) is 3.29.